The van der Waals surface area contributed by atoms with Crippen molar-refractivity contribution in [3.63, 3.8) is 0 Å². The maximum Gasteiger partial charge on any atom is 0.308 e. The van der Waals surface area contributed by atoms with Gasteiger partial charge in [0.1, 0.15) is 0 Å². The summed E-state index contributed by atoms with van der Waals surface area (Å²) in [4.78, 5) is 23.3. The summed E-state index contributed by atoms with van der Waals surface area (Å²) in [6.07, 6.45) is 0.824. The van der Waals surface area contributed by atoms with Gasteiger partial charge in [-0.2, -0.15) is 0 Å². The molecule has 4 nitrogen and oxygen atoms in total. The predicted molar refractivity (Wildman–Crippen MR) is 91.2 cm³/mol. The second-order valence-corrected chi connectivity index (χ2v) is 6.33. The number of hydrogen-bond donors (Lipinski definition) is 2. The molecule has 1 amide bonds. The molecule has 0 aliphatic heterocycles. The van der Waals surface area contributed by atoms with E-state index in [4.69, 9.17) is 0 Å². The molecule has 0 bridgehead atoms. The largest absolute Gasteiger partial charge is 0.481 e. The summed E-state index contributed by atoms with van der Waals surface area (Å²) in [5.74, 6) is -1.25. The van der Waals surface area contributed by atoms with Crippen LogP contribution in [0.3, 0.4) is 0 Å². The number of amides is 1. The zero-order valence-electron chi connectivity index (χ0n) is 13.6. The van der Waals surface area contributed by atoms with Gasteiger partial charge in [0.2, 0.25) is 5.91 Å². The van der Waals surface area contributed by atoms with Crippen LogP contribution < -0.4 is 5.32 Å². The first-order valence-electron chi connectivity index (χ1n) is 7.93. The molecule has 0 radical (unpaired) electrons. The van der Waals surface area contributed by atoms with Gasteiger partial charge in [0, 0.05) is 6.54 Å². The Morgan fingerprint density at radius 2 is 1.78 bits per heavy atom. The smallest absolute Gasteiger partial charge is 0.308 e. The van der Waals surface area contributed by atoms with Gasteiger partial charge in [0.25, 0.3) is 0 Å². The van der Waals surface area contributed by atoms with Crippen LogP contribution in [0.1, 0.15) is 25.8 Å². The van der Waals surface area contributed by atoms with Gasteiger partial charge in [-0.15, -0.1) is 0 Å². The fourth-order valence-corrected chi connectivity index (χ4v) is 2.67. The highest BCUT2D eigenvalue weighted by molar-refractivity contribution is 5.85. The van der Waals surface area contributed by atoms with Crippen LogP contribution in [0.2, 0.25) is 0 Å². The highest BCUT2D eigenvalue weighted by atomic mass is 16.4. The third-order valence-electron chi connectivity index (χ3n) is 3.83. The average Bonchev–Trinajstić information content (AvgIpc) is 2.50. The number of aliphatic carboxylic acids is 1. The molecule has 1 atom stereocenters. The van der Waals surface area contributed by atoms with Gasteiger partial charge in [0.15, 0.2) is 0 Å². The van der Waals surface area contributed by atoms with Crippen molar-refractivity contribution in [3.8, 4) is 0 Å². The molecule has 0 heterocycles. The number of carboxylic acids is 1. The fourth-order valence-electron chi connectivity index (χ4n) is 2.67. The van der Waals surface area contributed by atoms with Gasteiger partial charge in [0.05, 0.1) is 12.3 Å². The van der Waals surface area contributed by atoms with Gasteiger partial charge >= 0.3 is 5.97 Å². The Morgan fingerprint density at radius 1 is 1.09 bits per heavy atom. The van der Waals surface area contributed by atoms with Crippen molar-refractivity contribution < 1.29 is 14.7 Å². The summed E-state index contributed by atoms with van der Waals surface area (Å²) in [5, 5.41) is 14.2. The molecule has 122 valence electrons. The van der Waals surface area contributed by atoms with Crippen molar-refractivity contribution in [1.82, 2.24) is 5.32 Å². The van der Waals surface area contributed by atoms with E-state index in [1.807, 2.05) is 56.3 Å². The second kappa shape index (κ2) is 7.77. The summed E-state index contributed by atoms with van der Waals surface area (Å²) in [5.41, 5.74) is 0.928. The van der Waals surface area contributed by atoms with E-state index < -0.39 is 11.9 Å². The van der Waals surface area contributed by atoms with Crippen molar-refractivity contribution in [2.24, 2.45) is 11.8 Å². The van der Waals surface area contributed by atoms with E-state index >= 15 is 0 Å². The number of carboxylic acid groups (broad SMARTS) is 1. The van der Waals surface area contributed by atoms with Gasteiger partial charge in [-0.25, -0.2) is 0 Å². The lowest BCUT2D eigenvalue weighted by molar-refractivity contribution is -0.142. The van der Waals surface area contributed by atoms with Crippen LogP contribution >= 0.6 is 0 Å². The molecule has 1 unspecified atom stereocenters. The standard InChI is InChI=1S/C19H23NO3/c1-13(2)9-17(19(22)23)12-20-18(21)11-14-7-8-15-5-3-4-6-16(15)10-14/h3-8,10,13,17H,9,11-12H2,1-2H3,(H,20,21)(H,22,23). The van der Waals surface area contributed by atoms with E-state index in [0.29, 0.717) is 6.42 Å². The number of rotatable bonds is 7. The topological polar surface area (TPSA) is 66.4 Å². The van der Waals surface area contributed by atoms with E-state index in [2.05, 4.69) is 5.32 Å². The van der Waals surface area contributed by atoms with Gasteiger partial charge < -0.3 is 10.4 Å². The quantitative estimate of drug-likeness (QED) is 0.824. The highest BCUT2D eigenvalue weighted by Crippen LogP contribution is 2.16. The molecule has 0 saturated heterocycles. The number of carbonyl (C=O) groups is 2. The Morgan fingerprint density at radius 3 is 2.43 bits per heavy atom. The monoisotopic (exact) mass is 313 g/mol. The maximum absolute atomic E-state index is 12.1. The molecule has 2 rings (SSSR count). The van der Waals surface area contributed by atoms with Crippen LogP contribution in [-0.2, 0) is 16.0 Å². The summed E-state index contributed by atoms with van der Waals surface area (Å²) in [6.45, 7) is 4.14. The summed E-state index contributed by atoms with van der Waals surface area (Å²) >= 11 is 0. The molecule has 2 aromatic rings. The first-order chi connectivity index (χ1) is 11.0. The van der Waals surface area contributed by atoms with E-state index in [1.54, 1.807) is 0 Å². The Balaban J connectivity index is 1.93. The zero-order valence-corrected chi connectivity index (χ0v) is 13.6. The normalized spacial score (nSPS) is 12.3. The molecule has 0 spiro atoms. The van der Waals surface area contributed by atoms with E-state index in [1.165, 1.54) is 0 Å². The van der Waals surface area contributed by atoms with Crippen molar-refractivity contribution in [1.29, 1.82) is 0 Å². The number of benzene rings is 2. The number of carbonyl (C=O) groups excluding carboxylic acids is 1. The predicted octanol–water partition coefficient (Wildman–Crippen LogP) is 3.25. The van der Waals surface area contributed by atoms with Crippen molar-refractivity contribution in [2.45, 2.75) is 26.7 Å². The number of nitrogens with one attached hydrogen (secondary N) is 1. The summed E-state index contributed by atoms with van der Waals surface area (Å²) < 4.78 is 0. The van der Waals surface area contributed by atoms with E-state index in [-0.39, 0.29) is 24.8 Å². The molecule has 0 aliphatic carbocycles. The van der Waals surface area contributed by atoms with Gasteiger partial charge in [-0.3, -0.25) is 9.59 Å². The van der Waals surface area contributed by atoms with Crippen LogP contribution in [0, 0.1) is 11.8 Å². The van der Waals surface area contributed by atoms with Gasteiger partial charge in [-0.1, -0.05) is 56.3 Å². The molecule has 0 saturated carbocycles. The lowest BCUT2D eigenvalue weighted by Gasteiger charge is -2.15. The van der Waals surface area contributed by atoms with Crippen LogP contribution in [0.25, 0.3) is 10.8 Å². The minimum atomic E-state index is -0.857. The molecule has 4 heteroatoms. The minimum Gasteiger partial charge on any atom is -0.481 e. The molecule has 23 heavy (non-hydrogen) atoms. The molecular formula is C19H23NO3. The van der Waals surface area contributed by atoms with E-state index in [9.17, 15) is 14.7 Å². The third kappa shape index (κ3) is 5.09. The van der Waals surface area contributed by atoms with Crippen molar-refractivity contribution >= 4 is 22.6 Å². The lowest BCUT2D eigenvalue weighted by atomic mass is 9.97. The Kier molecular flexibility index (Phi) is 5.74. The van der Waals surface area contributed by atoms with Gasteiger partial charge in [-0.05, 0) is 28.7 Å². The first-order valence-corrected chi connectivity index (χ1v) is 7.93. The number of hydrogen-bond acceptors (Lipinski definition) is 2. The maximum atomic E-state index is 12.1. The Hall–Kier alpha value is -2.36. The molecular weight excluding hydrogens is 290 g/mol. The van der Waals surface area contributed by atoms with Crippen LogP contribution in [-0.4, -0.2) is 23.5 Å². The van der Waals surface area contributed by atoms with Crippen LogP contribution in [0.5, 0.6) is 0 Å². The Labute approximate surface area is 136 Å². The SMILES string of the molecule is CC(C)CC(CNC(=O)Cc1ccc2ccccc2c1)C(=O)O. The average molecular weight is 313 g/mol. The zero-order chi connectivity index (χ0) is 16.8. The fraction of sp³-hybridized carbons (Fsp3) is 0.368. The molecule has 2 aromatic carbocycles. The van der Waals surface area contributed by atoms with Crippen molar-refractivity contribution in [2.75, 3.05) is 6.54 Å². The summed E-state index contributed by atoms with van der Waals surface area (Å²) in [7, 11) is 0. The molecule has 2 N–H and O–H groups in total. The first kappa shape index (κ1) is 17.0. The van der Waals surface area contributed by atoms with E-state index in [0.717, 1.165) is 16.3 Å². The van der Waals surface area contributed by atoms with Crippen molar-refractivity contribution in [3.05, 3.63) is 48.0 Å². The second-order valence-electron chi connectivity index (χ2n) is 6.33. The minimum absolute atomic E-state index is 0.143. The molecule has 0 fully saturated rings. The van der Waals surface area contributed by atoms with Crippen LogP contribution in [0.4, 0.5) is 0 Å². The molecule has 0 aliphatic rings. The summed E-state index contributed by atoms with van der Waals surface area (Å²) in [6, 6.07) is 13.9. The number of fused-ring (bicyclic) bond motifs is 1. The third-order valence-corrected chi connectivity index (χ3v) is 3.83. The highest BCUT2D eigenvalue weighted by Gasteiger charge is 2.19. The van der Waals surface area contributed by atoms with Crippen LogP contribution in [0.15, 0.2) is 42.5 Å². The molecule has 0 aromatic heterocycles. The Bertz CT molecular complexity index is 694. The lowest BCUT2D eigenvalue weighted by Crippen LogP contribution is -2.34.